The molecule has 0 aliphatic carbocycles. The van der Waals surface area contributed by atoms with Crippen LogP contribution in [0.3, 0.4) is 0 Å². The van der Waals surface area contributed by atoms with Gasteiger partial charge in [0.05, 0.1) is 0 Å². The number of fused-ring (bicyclic) bond motifs is 1. The molecular formula is C17H18FNO. The monoisotopic (exact) mass is 271 g/mol. The van der Waals surface area contributed by atoms with E-state index in [0.717, 1.165) is 11.1 Å². The van der Waals surface area contributed by atoms with E-state index in [1.807, 2.05) is 0 Å². The third-order valence-electron chi connectivity index (χ3n) is 4.02. The van der Waals surface area contributed by atoms with Gasteiger partial charge in [-0.2, -0.15) is 0 Å². The Bertz CT molecular complexity index is 653. The molecule has 2 aromatic rings. The van der Waals surface area contributed by atoms with Gasteiger partial charge < -0.3 is 10.5 Å². The van der Waals surface area contributed by atoms with Crippen LogP contribution in [0.4, 0.5) is 4.39 Å². The van der Waals surface area contributed by atoms with E-state index in [9.17, 15) is 4.39 Å². The molecule has 3 rings (SSSR count). The summed E-state index contributed by atoms with van der Waals surface area (Å²) >= 11 is 0. The molecule has 104 valence electrons. The average molecular weight is 271 g/mol. The predicted molar refractivity (Wildman–Crippen MR) is 77.2 cm³/mol. The van der Waals surface area contributed by atoms with Crippen LogP contribution < -0.4 is 10.5 Å². The molecule has 0 aromatic heterocycles. The first-order valence-corrected chi connectivity index (χ1v) is 6.83. The van der Waals surface area contributed by atoms with Crippen molar-refractivity contribution in [1.82, 2.24) is 0 Å². The van der Waals surface area contributed by atoms with E-state index in [1.54, 1.807) is 6.07 Å². The minimum atomic E-state index is -0.295. The summed E-state index contributed by atoms with van der Waals surface area (Å²) in [5.74, 6) is 0.267. The molecule has 2 nitrogen and oxygen atoms in total. The fraction of sp³-hybridized carbons (Fsp3) is 0.294. The third-order valence-corrected chi connectivity index (χ3v) is 4.02. The molecular weight excluding hydrogens is 253 g/mol. The van der Waals surface area contributed by atoms with Crippen LogP contribution in [0.1, 0.15) is 40.8 Å². The molecule has 1 aliphatic rings. The summed E-state index contributed by atoms with van der Waals surface area (Å²) in [5, 5.41) is 0. The van der Waals surface area contributed by atoms with Gasteiger partial charge in [0.25, 0.3) is 0 Å². The lowest BCUT2D eigenvalue weighted by Gasteiger charge is -2.30. The zero-order chi connectivity index (χ0) is 14.3. The Kier molecular flexibility index (Phi) is 3.22. The lowest BCUT2D eigenvalue weighted by Crippen LogP contribution is -2.24. The summed E-state index contributed by atoms with van der Waals surface area (Å²) in [6, 6.07) is 10.7. The number of aryl methyl sites for hydroxylation is 2. The van der Waals surface area contributed by atoms with Crippen molar-refractivity contribution in [3.8, 4) is 5.75 Å². The molecule has 0 bridgehead atoms. The van der Waals surface area contributed by atoms with Crippen LogP contribution in [-0.2, 0) is 0 Å². The van der Waals surface area contributed by atoms with Crippen molar-refractivity contribution >= 4 is 0 Å². The number of benzene rings is 2. The smallest absolute Gasteiger partial charge is 0.127 e. The highest BCUT2D eigenvalue weighted by molar-refractivity contribution is 5.40. The van der Waals surface area contributed by atoms with Crippen molar-refractivity contribution in [1.29, 1.82) is 0 Å². The van der Waals surface area contributed by atoms with Gasteiger partial charge in [-0.05, 0) is 36.6 Å². The Hall–Kier alpha value is -1.87. The summed E-state index contributed by atoms with van der Waals surface area (Å²) < 4.78 is 19.3. The second-order valence-electron chi connectivity index (χ2n) is 5.47. The van der Waals surface area contributed by atoms with Gasteiger partial charge in [-0.3, -0.25) is 0 Å². The van der Waals surface area contributed by atoms with Crippen LogP contribution in [0.2, 0.25) is 0 Å². The zero-order valence-electron chi connectivity index (χ0n) is 11.7. The predicted octanol–water partition coefficient (Wildman–Crippen LogP) is 3.97. The number of rotatable bonds is 1. The molecule has 2 unspecified atom stereocenters. The summed E-state index contributed by atoms with van der Waals surface area (Å²) in [7, 11) is 0. The van der Waals surface area contributed by atoms with Crippen LogP contribution in [0.25, 0.3) is 0 Å². The van der Waals surface area contributed by atoms with Crippen molar-refractivity contribution in [3.05, 3.63) is 64.5 Å². The molecule has 0 saturated carbocycles. The maximum absolute atomic E-state index is 13.3. The van der Waals surface area contributed by atoms with Gasteiger partial charge in [0, 0.05) is 24.1 Å². The molecule has 0 amide bonds. The molecule has 1 heterocycles. The summed E-state index contributed by atoms with van der Waals surface area (Å²) in [5.41, 5.74) is 10.6. The van der Waals surface area contributed by atoms with E-state index in [0.29, 0.717) is 12.2 Å². The standard InChI is InChI=1S/C17H18FNO/c1-10-3-4-12(7-11(10)2)16-9-15(19)14-6-5-13(18)8-17(14)20-16/h3-8,15-16H,9,19H2,1-2H3. The van der Waals surface area contributed by atoms with Crippen molar-refractivity contribution in [2.75, 3.05) is 0 Å². The van der Waals surface area contributed by atoms with Crippen LogP contribution >= 0.6 is 0 Å². The van der Waals surface area contributed by atoms with Crippen molar-refractivity contribution in [3.63, 3.8) is 0 Å². The topological polar surface area (TPSA) is 35.2 Å². The summed E-state index contributed by atoms with van der Waals surface area (Å²) in [4.78, 5) is 0. The van der Waals surface area contributed by atoms with Gasteiger partial charge in [-0.1, -0.05) is 24.3 Å². The maximum atomic E-state index is 13.3. The Labute approximate surface area is 118 Å². The Morgan fingerprint density at radius 2 is 1.90 bits per heavy atom. The zero-order valence-corrected chi connectivity index (χ0v) is 11.7. The van der Waals surface area contributed by atoms with Gasteiger partial charge in [-0.15, -0.1) is 0 Å². The molecule has 3 heteroatoms. The SMILES string of the molecule is Cc1ccc(C2CC(N)c3ccc(F)cc3O2)cc1C. The Morgan fingerprint density at radius 1 is 1.10 bits per heavy atom. The second-order valence-corrected chi connectivity index (χ2v) is 5.47. The first kappa shape index (κ1) is 13.1. The Morgan fingerprint density at radius 3 is 2.65 bits per heavy atom. The van der Waals surface area contributed by atoms with E-state index < -0.39 is 0 Å². The maximum Gasteiger partial charge on any atom is 0.127 e. The fourth-order valence-corrected chi connectivity index (χ4v) is 2.64. The summed E-state index contributed by atoms with van der Waals surface area (Å²) in [6.07, 6.45) is 0.597. The second kappa shape index (κ2) is 4.91. The molecule has 2 N–H and O–H groups in total. The molecule has 0 fully saturated rings. The van der Waals surface area contributed by atoms with E-state index in [2.05, 4.69) is 32.0 Å². The first-order chi connectivity index (χ1) is 9.54. The molecule has 0 radical (unpaired) electrons. The van der Waals surface area contributed by atoms with Crippen LogP contribution in [0.5, 0.6) is 5.75 Å². The van der Waals surface area contributed by atoms with E-state index >= 15 is 0 Å². The highest BCUT2D eigenvalue weighted by atomic mass is 19.1. The molecule has 20 heavy (non-hydrogen) atoms. The van der Waals surface area contributed by atoms with E-state index in [4.69, 9.17) is 10.5 Å². The third kappa shape index (κ3) is 2.29. The molecule has 0 spiro atoms. The van der Waals surface area contributed by atoms with Crippen molar-refractivity contribution in [2.45, 2.75) is 32.4 Å². The Balaban J connectivity index is 1.96. The largest absolute Gasteiger partial charge is 0.485 e. The number of hydrogen-bond donors (Lipinski definition) is 1. The lowest BCUT2D eigenvalue weighted by atomic mass is 9.92. The average Bonchev–Trinajstić information content (AvgIpc) is 2.41. The van der Waals surface area contributed by atoms with Crippen LogP contribution in [0.15, 0.2) is 36.4 Å². The number of nitrogens with two attached hydrogens (primary N) is 1. The minimum absolute atomic E-state index is 0.112. The molecule has 2 aromatic carbocycles. The fourth-order valence-electron chi connectivity index (χ4n) is 2.64. The summed E-state index contributed by atoms with van der Waals surface area (Å²) in [6.45, 7) is 4.16. The van der Waals surface area contributed by atoms with Gasteiger partial charge >= 0.3 is 0 Å². The van der Waals surface area contributed by atoms with Crippen LogP contribution in [0, 0.1) is 19.7 Å². The number of halogens is 1. The van der Waals surface area contributed by atoms with Crippen molar-refractivity contribution in [2.24, 2.45) is 5.73 Å². The van der Waals surface area contributed by atoms with Gasteiger partial charge in [0.2, 0.25) is 0 Å². The first-order valence-electron chi connectivity index (χ1n) is 6.83. The number of hydrogen-bond acceptors (Lipinski definition) is 2. The van der Waals surface area contributed by atoms with Crippen LogP contribution in [-0.4, -0.2) is 0 Å². The minimum Gasteiger partial charge on any atom is -0.485 e. The highest BCUT2D eigenvalue weighted by Gasteiger charge is 2.27. The van der Waals surface area contributed by atoms with Gasteiger partial charge in [0.1, 0.15) is 17.7 Å². The molecule has 0 saturated heterocycles. The van der Waals surface area contributed by atoms with Gasteiger partial charge in [0.15, 0.2) is 0 Å². The molecule has 1 aliphatic heterocycles. The lowest BCUT2D eigenvalue weighted by molar-refractivity contribution is 0.160. The highest BCUT2D eigenvalue weighted by Crippen LogP contribution is 2.40. The van der Waals surface area contributed by atoms with Crippen molar-refractivity contribution < 1.29 is 9.13 Å². The molecule has 2 atom stereocenters. The normalized spacial score (nSPS) is 21.2. The van der Waals surface area contributed by atoms with E-state index in [-0.39, 0.29) is 18.0 Å². The quantitative estimate of drug-likeness (QED) is 0.852. The van der Waals surface area contributed by atoms with Gasteiger partial charge in [-0.25, -0.2) is 4.39 Å². The number of ether oxygens (including phenoxy) is 1. The van der Waals surface area contributed by atoms with E-state index in [1.165, 1.54) is 23.3 Å².